The van der Waals surface area contributed by atoms with Crippen LogP contribution in [0.3, 0.4) is 0 Å². The molecule has 1 heterocycles. The Balaban J connectivity index is 1.68. The second-order valence-electron chi connectivity index (χ2n) is 8.34. The Bertz CT molecular complexity index is 1280. The molecule has 0 saturated carbocycles. The number of aromatic carboxylic acids is 1. The second-order valence-corrected chi connectivity index (χ2v) is 8.34. The molecule has 3 aromatic carbocycles. The number of carboxylic acids is 1. The summed E-state index contributed by atoms with van der Waals surface area (Å²) in [4.78, 5) is 24.8. The van der Waals surface area contributed by atoms with Crippen molar-refractivity contribution in [2.75, 3.05) is 0 Å². The first kappa shape index (κ1) is 21.4. The van der Waals surface area contributed by atoms with Gasteiger partial charge >= 0.3 is 11.7 Å². The van der Waals surface area contributed by atoms with Crippen molar-refractivity contribution in [2.24, 2.45) is 5.92 Å². The molecule has 0 amide bonds. The van der Waals surface area contributed by atoms with Gasteiger partial charge in [-0.2, -0.15) is 0 Å². The summed E-state index contributed by atoms with van der Waals surface area (Å²) in [5, 5.41) is 9.47. The van der Waals surface area contributed by atoms with Crippen LogP contribution in [-0.2, 0) is 13.0 Å². The van der Waals surface area contributed by atoms with Gasteiger partial charge in [-0.25, -0.2) is 9.59 Å². The molecule has 0 saturated heterocycles. The molecule has 5 heteroatoms. The van der Waals surface area contributed by atoms with E-state index in [4.69, 9.17) is 0 Å². The number of hydrogen-bond acceptors (Lipinski definition) is 2. The van der Waals surface area contributed by atoms with Crippen LogP contribution in [0.2, 0.25) is 0 Å². The summed E-state index contributed by atoms with van der Waals surface area (Å²) in [6.07, 6.45) is 2.74. The lowest BCUT2D eigenvalue weighted by molar-refractivity contribution is 0.0697. The Morgan fingerprint density at radius 3 is 2.22 bits per heavy atom. The third kappa shape index (κ3) is 4.42. The highest BCUT2D eigenvalue weighted by Gasteiger charge is 2.15. The molecule has 0 aliphatic rings. The molecule has 1 aromatic heterocycles. The fourth-order valence-corrected chi connectivity index (χ4v) is 3.94. The van der Waals surface area contributed by atoms with Crippen molar-refractivity contribution in [2.45, 2.75) is 26.8 Å². The van der Waals surface area contributed by atoms with E-state index in [1.165, 1.54) is 0 Å². The van der Waals surface area contributed by atoms with Gasteiger partial charge in [0.25, 0.3) is 0 Å². The van der Waals surface area contributed by atoms with Gasteiger partial charge in [-0.15, -0.1) is 0 Å². The highest BCUT2D eigenvalue weighted by molar-refractivity contribution is 5.95. The van der Waals surface area contributed by atoms with E-state index in [0.29, 0.717) is 18.0 Å². The summed E-state index contributed by atoms with van der Waals surface area (Å²) in [7, 11) is 0. The maximum absolute atomic E-state index is 13.2. The van der Waals surface area contributed by atoms with Crippen molar-refractivity contribution in [3.05, 3.63) is 112 Å². The first-order valence-electron chi connectivity index (χ1n) is 10.7. The zero-order valence-electron chi connectivity index (χ0n) is 18.2. The third-order valence-electron chi connectivity index (χ3n) is 5.48. The molecule has 0 bridgehead atoms. The number of aromatic nitrogens is 2. The molecule has 0 fully saturated rings. The molecule has 0 atom stereocenters. The Kier molecular flexibility index (Phi) is 6.08. The average molecular weight is 427 g/mol. The maximum atomic E-state index is 13.2. The van der Waals surface area contributed by atoms with Gasteiger partial charge in [-0.3, -0.25) is 9.13 Å². The van der Waals surface area contributed by atoms with Gasteiger partial charge < -0.3 is 5.11 Å². The van der Waals surface area contributed by atoms with Gasteiger partial charge in [-0.1, -0.05) is 74.5 Å². The van der Waals surface area contributed by atoms with Crippen molar-refractivity contribution >= 4 is 5.97 Å². The lowest BCUT2D eigenvalue weighted by atomic mass is 9.98. The number of para-hydroxylation sites is 1. The Morgan fingerprint density at radius 2 is 1.56 bits per heavy atom. The highest BCUT2D eigenvalue weighted by atomic mass is 16.4. The SMILES string of the molecule is CC(C)Cc1cn(-c2ccccc2)c(=O)n1Cc1ccc(-c2ccccc2C(=O)O)cc1. The molecule has 32 heavy (non-hydrogen) atoms. The van der Waals surface area contributed by atoms with E-state index < -0.39 is 5.97 Å². The smallest absolute Gasteiger partial charge is 0.336 e. The Hall–Kier alpha value is -3.86. The number of nitrogens with zero attached hydrogens (tertiary/aromatic N) is 2. The van der Waals surface area contributed by atoms with Gasteiger partial charge in [0.1, 0.15) is 0 Å². The zero-order valence-corrected chi connectivity index (χ0v) is 18.2. The van der Waals surface area contributed by atoms with Crippen molar-refractivity contribution in [3.63, 3.8) is 0 Å². The van der Waals surface area contributed by atoms with Crippen LogP contribution in [0, 0.1) is 5.92 Å². The van der Waals surface area contributed by atoms with Crippen LogP contribution >= 0.6 is 0 Å². The summed E-state index contributed by atoms with van der Waals surface area (Å²) < 4.78 is 3.53. The van der Waals surface area contributed by atoms with E-state index in [9.17, 15) is 14.7 Å². The maximum Gasteiger partial charge on any atom is 0.336 e. The van der Waals surface area contributed by atoms with E-state index in [1.807, 2.05) is 77.5 Å². The average Bonchev–Trinajstić information content (AvgIpc) is 3.09. The molecule has 4 aromatic rings. The third-order valence-corrected chi connectivity index (χ3v) is 5.48. The van der Waals surface area contributed by atoms with Gasteiger partial charge in [0.15, 0.2) is 0 Å². The number of rotatable bonds is 7. The fraction of sp³-hybridized carbons (Fsp3) is 0.185. The molecule has 0 aliphatic heterocycles. The quantitative estimate of drug-likeness (QED) is 0.439. The van der Waals surface area contributed by atoms with Crippen molar-refractivity contribution in [1.29, 1.82) is 0 Å². The highest BCUT2D eigenvalue weighted by Crippen LogP contribution is 2.24. The molecule has 162 valence electrons. The minimum absolute atomic E-state index is 0.0628. The lowest BCUT2D eigenvalue weighted by Crippen LogP contribution is -2.25. The van der Waals surface area contributed by atoms with E-state index >= 15 is 0 Å². The topological polar surface area (TPSA) is 64.2 Å². The normalized spacial score (nSPS) is 11.1. The molecule has 0 unspecified atom stereocenters. The number of benzene rings is 3. The first-order chi connectivity index (χ1) is 15.4. The summed E-state index contributed by atoms with van der Waals surface area (Å²) >= 11 is 0. The molecule has 0 aliphatic carbocycles. The van der Waals surface area contributed by atoms with Crippen LogP contribution in [0.1, 0.15) is 35.5 Å². The molecule has 0 spiro atoms. The minimum Gasteiger partial charge on any atom is -0.478 e. The van der Waals surface area contributed by atoms with E-state index in [2.05, 4.69) is 13.8 Å². The summed E-state index contributed by atoms with van der Waals surface area (Å²) in [6.45, 7) is 4.74. The second kappa shape index (κ2) is 9.10. The van der Waals surface area contributed by atoms with Crippen LogP contribution in [-0.4, -0.2) is 20.2 Å². The Labute approximate surface area is 187 Å². The standard InChI is InChI=1S/C27H26N2O3/c1-19(2)16-23-18-29(22-8-4-3-5-9-22)27(32)28(23)17-20-12-14-21(15-13-20)24-10-6-7-11-25(24)26(30)31/h3-15,18-19H,16-17H2,1-2H3,(H,30,31). The van der Waals surface area contributed by atoms with Gasteiger partial charge in [0.05, 0.1) is 17.8 Å². The van der Waals surface area contributed by atoms with Gasteiger partial charge in [0.2, 0.25) is 0 Å². The van der Waals surface area contributed by atoms with Crippen LogP contribution in [0.5, 0.6) is 0 Å². The zero-order chi connectivity index (χ0) is 22.7. The van der Waals surface area contributed by atoms with E-state index in [-0.39, 0.29) is 11.3 Å². The molecule has 5 nitrogen and oxygen atoms in total. The molecule has 0 radical (unpaired) electrons. The number of carbonyl (C=O) groups is 1. The largest absolute Gasteiger partial charge is 0.478 e. The number of carboxylic acid groups (broad SMARTS) is 1. The van der Waals surface area contributed by atoms with Crippen LogP contribution in [0.25, 0.3) is 16.8 Å². The predicted octanol–water partition coefficient (Wildman–Crippen LogP) is 5.25. The van der Waals surface area contributed by atoms with Crippen molar-refractivity contribution < 1.29 is 9.90 Å². The van der Waals surface area contributed by atoms with E-state index in [0.717, 1.165) is 28.9 Å². The predicted molar refractivity (Wildman–Crippen MR) is 127 cm³/mol. The van der Waals surface area contributed by atoms with Gasteiger partial charge in [-0.05, 0) is 47.2 Å². The first-order valence-corrected chi connectivity index (χ1v) is 10.7. The van der Waals surface area contributed by atoms with Crippen LogP contribution < -0.4 is 5.69 Å². The monoisotopic (exact) mass is 426 g/mol. The minimum atomic E-state index is -0.947. The number of hydrogen-bond donors (Lipinski definition) is 1. The Morgan fingerprint density at radius 1 is 0.906 bits per heavy atom. The van der Waals surface area contributed by atoms with Gasteiger partial charge in [0, 0.05) is 11.9 Å². The van der Waals surface area contributed by atoms with Crippen molar-refractivity contribution in [1.82, 2.24) is 9.13 Å². The summed E-state index contributed by atoms with van der Waals surface area (Å²) in [5.74, 6) is -0.529. The number of imidazole rings is 1. The fourth-order valence-electron chi connectivity index (χ4n) is 3.94. The summed E-state index contributed by atoms with van der Waals surface area (Å²) in [6, 6.07) is 24.4. The molecular formula is C27H26N2O3. The lowest BCUT2D eigenvalue weighted by Gasteiger charge is -2.11. The molecule has 1 N–H and O–H groups in total. The molecular weight excluding hydrogens is 400 g/mol. The summed E-state index contributed by atoms with van der Waals surface area (Å²) in [5.41, 5.74) is 4.56. The van der Waals surface area contributed by atoms with Crippen molar-refractivity contribution in [3.8, 4) is 16.8 Å². The van der Waals surface area contributed by atoms with E-state index in [1.54, 1.807) is 16.7 Å². The molecule has 4 rings (SSSR count). The van der Waals surface area contributed by atoms with Crippen LogP contribution in [0.15, 0.2) is 89.9 Å². The van der Waals surface area contributed by atoms with Crippen LogP contribution in [0.4, 0.5) is 0 Å².